The van der Waals surface area contributed by atoms with Gasteiger partial charge in [-0.2, -0.15) is 0 Å². The van der Waals surface area contributed by atoms with Crippen molar-refractivity contribution < 1.29 is 9.90 Å². The highest BCUT2D eigenvalue weighted by molar-refractivity contribution is 5.76. The molecule has 0 aliphatic heterocycles. The fourth-order valence-electron chi connectivity index (χ4n) is 1.52. The van der Waals surface area contributed by atoms with Gasteiger partial charge in [0.2, 0.25) is 0 Å². The molecule has 1 aromatic carbocycles. The lowest BCUT2D eigenvalue weighted by Crippen LogP contribution is -2.09. The van der Waals surface area contributed by atoms with E-state index in [0.717, 1.165) is 11.3 Å². The summed E-state index contributed by atoms with van der Waals surface area (Å²) in [7, 11) is 0. The number of benzene rings is 1. The van der Waals surface area contributed by atoms with Crippen molar-refractivity contribution in [3.8, 4) is 0 Å². The van der Waals surface area contributed by atoms with Crippen molar-refractivity contribution in [2.45, 2.75) is 39.3 Å². The quantitative estimate of drug-likeness (QED) is 0.803. The first kappa shape index (κ1) is 12.7. The molecule has 0 aromatic heterocycles. The maximum atomic E-state index is 10.9. The molecule has 16 heavy (non-hydrogen) atoms. The van der Waals surface area contributed by atoms with Crippen LogP contribution in [0.1, 0.15) is 38.9 Å². The molecule has 0 amide bonds. The third-order valence-corrected chi connectivity index (χ3v) is 2.23. The molecule has 0 radical (unpaired) electrons. The Morgan fingerprint density at radius 2 is 1.88 bits per heavy atom. The van der Waals surface area contributed by atoms with Gasteiger partial charge >= 0.3 is 0 Å². The zero-order chi connectivity index (χ0) is 12.1. The van der Waals surface area contributed by atoms with Crippen LogP contribution in [0.15, 0.2) is 24.3 Å². The van der Waals surface area contributed by atoms with Gasteiger partial charge in [-0.25, -0.2) is 0 Å². The Balaban J connectivity index is 2.66. The van der Waals surface area contributed by atoms with Gasteiger partial charge in [-0.3, -0.25) is 4.79 Å². The molecule has 1 rings (SSSR count). The normalized spacial score (nSPS) is 12.6. The number of anilines is 1. The number of hydrogen-bond acceptors (Lipinski definition) is 3. The second-order valence-electron chi connectivity index (χ2n) is 4.34. The van der Waals surface area contributed by atoms with Crippen molar-refractivity contribution in [1.29, 1.82) is 0 Å². The number of nitrogens with one attached hydrogen (secondary N) is 1. The van der Waals surface area contributed by atoms with E-state index in [0.29, 0.717) is 6.04 Å². The van der Waals surface area contributed by atoms with Gasteiger partial charge in [0.25, 0.3) is 0 Å². The molecular formula is C13H19NO2. The van der Waals surface area contributed by atoms with E-state index in [2.05, 4.69) is 19.2 Å². The second kappa shape index (κ2) is 5.66. The molecule has 0 fully saturated rings. The van der Waals surface area contributed by atoms with Crippen molar-refractivity contribution in [3.05, 3.63) is 29.8 Å². The molecule has 0 aliphatic rings. The maximum Gasteiger partial charge on any atom is 0.132 e. The summed E-state index contributed by atoms with van der Waals surface area (Å²) in [5.74, 6) is -0.00289. The largest absolute Gasteiger partial charge is 0.388 e. The fraction of sp³-hybridized carbons (Fsp3) is 0.462. The van der Waals surface area contributed by atoms with Gasteiger partial charge < -0.3 is 10.4 Å². The standard InChI is InChI=1S/C13H19NO2/c1-9(2)14-12-6-4-11(5-7-12)13(16)8-10(3)15/h4-7,9,13-14,16H,8H2,1-3H3/t13-/m0/s1. The van der Waals surface area contributed by atoms with Crippen LogP contribution in [-0.2, 0) is 4.79 Å². The van der Waals surface area contributed by atoms with Crippen LogP contribution >= 0.6 is 0 Å². The number of carbonyl (C=O) groups is 1. The summed E-state index contributed by atoms with van der Waals surface area (Å²) in [6.45, 7) is 5.62. The molecule has 0 spiro atoms. The van der Waals surface area contributed by atoms with E-state index in [4.69, 9.17) is 0 Å². The highest BCUT2D eigenvalue weighted by atomic mass is 16.3. The Bertz CT molecular complexity index is 343. The third kappa shape index (κ3) is 4.03. The molecule has 0 saturated carbocycles. The number of Topliss-reactive ketones (excluding diaryl/α,β-unsaturated/α-hetero) is 1. The van der Waals surface area contributed by atoms with Gasteiger partial charge in [0.1, 0.15) is 5.78 Å². The first-order valence-corrected chi connectivity index (χ1v) is 5.53. The van der Waals surface area contributed by atoms with Gasteiger partial charge in [0.05, 0.1) is 6.10 Å². The van der Waals surface area contributed by atoms with Crippen LogP contribution in [0.4, 0.5) is 5.69 Å². The summed E-state index contributed by atoms with van der Waals surface area (Å²) in [5, 5.41) is 13.0. The summed E-state index contributed by atoms with van der Waals surface area (Å²) < 4.78 is 0. The lowest BCUT2D eigenvalue weighted by molar-refractivity contribution is -0.118. The van der Waals surface area contributed by atoms with Crippen molar-refractivity contribution in [2.75, 3.05) is 5.32 Å². The van der Waals surface area contributed by atoms with Crippen molar-refractivity contribution >= 4 is 11.5 Å². The molecule has 0 saturated heterocycles. The molecule has 3 nitrogen and oxygen atoms in total. The molecule has 0 aliphatic carbocycles. The minimum atomic E-state index is -0.689. The lowest BCUT2D eigenvalue weighted by atomic mass is 10.0. The molecular weight excluding hydrogens is 202 g/mol. The first-order valence-electron chi connectivity index (χ1n) is 5.53. The first-order chi connectivity index (χ1) is 7.49. The highest BCUT2D eigenvalue weighted by Crippen LogP contribution is 2.19. The summed E-state index contributed by atoms with van der Waals surface area (Å²) in [4.78, 5) is 10.9. The number of rotatable bonds is 5. The monoisotopic (exact) mass is 221 g/mol. The molecule has 2 N–H and O–H groups in total. The minimum Gasteiger partial charge on any atom is -0.388 e. The smallest absolute Gasteiger partial charge is 0.132 e. The van der Waals surface area contributed by atoms with Crippen LogP contribution in [0.3, 0.4) is 0 Å². The van der Waals surface area contributed by atoms with Crippen LogP contribution in [0.25, 0.3) is 0 Å². The Labute approximate surface area is 96.5 Å². The molecule has 0 heterocycles. The number of aliphatic hydroxyl groups excluding tert-OH is 1. The summed E-state index contributed by atoms with van der Waals surface area (Å²) in [5.41, 5.74) is 1.80. The van der Waals surface area contributed by atoms with E-state index < -0.39 is 6.10 Å². The van der Waals surface area contributed by atoms with Crippen LogP contribution in [0.2, 0.25) is 0 Å². The zero-order valence-electron chi connectivity index (χ0n) is 10.0. The van der Waals surface area contributed by atoms with Gasteiger partial charge in [-0.15, -0.1) is 0 Å². The zero-order valence-corrected chi connectivity index (χ0v) is 10.0. The molecule has 0 unspecified atom stereocenters. The fourth-order valence-corrected chi connectivity index (χ4v) is 1.52. The Hall–Kier alpha value is -1.35. The van der Waals surface area contributed by atoms with E-state index in [1.165, 1.54) is 6.92 Å². The average molecular weight is 221 g/mol. The molecule has 88 valence electrons. The van der Waals surface area contributed by atoms with Crippen molar-refractivity contribution in [3.63, 3.8) is 0 Å². The van der Waals surface area contributed by atoms with Crippen LogP contribution in [-0.4, -0.2) is 16.9 Å². The number of hydrogen-bond donors (Lipinski definition) is 2. The van der Waals surface area contributed by atoms with Gasteiger partial charge in [-0.1, -0.05) is 12.1 Å². The second-order valence-corrected chi connectivity index (χ2v) is 4.34. The topological polar surface area (TPSA) is 49.3 Å². The minimum absolute atomic E-state index is 0.00289. The number of aliphatic hydroxyl groups is 1. The van der Waals surface area contributed by atoms with Crippen LogP contribution in [0.5, 0.6) is 0 Å². The van der Waals surface area contributed by atoms with Gasteiger partial charge in [0.15, 0.2) is 0 Å². The summed E-state index contributed by atoms with van der Waals surface area (Å²) >= 11 is 0. The molecule has 1 atom stereocenters. The van der Waals surface area contributed by atoms with E-state index in [1.807, 2.05) is 24.3 Å². The summed E-state index contributed by atoms with van der Waals surface area (Å²) in [6.07, 6.45) is -0.512. The van der Waals surface area contributed by atoms with E-state index in [1.54, 1.807) is 0 Å². The number of carbonyl (C=O) groups excluding carboxylic acids is 1. The lowest BCUT2D eigenvalue weighted by Gasteiger charge is -2.12. The Kier molecular flexibility index (Phi) is 4.50. The maximum absolute atomic E-state index is 10.9. The van der Waals surface area contributed by atoms with Crippen LogP contribution in [0, 0.1) is 0 Å². The SMILES string of the molecule is CC(=O)C[C@H](O)c1ccc(NC(C)C)cc1. The molecule has 0 bridgehead atoms. The Morgan fingerprint density at radius 3 is 2.31 bits per heavy atom. The van der Waals surface area contributed by atoms with E-state index >= 15 is 0 Å². The van der Waals surface area contributed by atoms with E-state index in [9.17, 15) is 9.90 Å². The van der Waals surface area contributed by atoms with E-state index in [-0.39, 0.29) is 12.2 Å². The number of ketones is 1. The predicted octanol–water partition coefficient (Wildman–Crippen LogP) is 2.52. The predicted molar refractivity (Wildman–Crippen MR) is 65.5 cm³/mol. The third-order valence-electron chi connectivity index (χ3n) is 2.23. The molecule has 3 heteroatoms. The average Bonchev–Trinajstić information content (AvgIpc) is 2.16. The van der Waals surface area contributed by atoms with Crippen molar-refractivity contribution in [2.24, 2.45) is 0 Å². The molecule has 1 aromatic rings. The van der Waals surface area contributed by atoms with Crippen LogP contribution < -0.4 is 5.32 Å². The van der Waals surface area contributed by atoms with Crippen molar-refractivity contribution in [1.82, 2.24) is 0 Å². The summed E-state index contributed by atoms with van der Waals surface area (Å²) in [6, 6.07) is 7.90. The van der Waals surface area contributed by atoms with Gasteiger partial charge in [-0.05, 0) is 38.5 Å². The Morgan fingerprint density at radius 1 is 1.31 bits per heavy atom. The highest BCUT2D eigenvalue weighted by Gasteiger charge is 2.09. The van der Waals surface area contributed by atoms with Gasteiger partial charge in [0, 0.05) is 18.2 Å².